The molecule has 0 saturated carbocycles. The molecule has 0 saturated heterocycles. The van der Waals surface area contributed by atoms with Crippen LogP contribution in [0.1, 0.15) is 82.0 Å². The van der Waals surface area contributed by atoms with E-state index in [1.54, 1.807) is 17.5 Å². The van der Waals surface area contributed by atoms with E-state index < -0.39 is 0 Å². The zero-order valence-corrected chi connectivity index (χ0v) is 22.4. The first-order valence-electron chi connectivity index (χ1n) is 10.1. The summed E-state index contributed by atoms with van der Waals surface area (Å²) in [5.74, 6) is 3.60. The molecule has 0 bridgehead atoms. The van der Waals surface area contributed by atoms with Crippen LogP contribution in [0.4, 0.5) is 5.69 Å². The van der Waals surface area contributed by atoms with E-state index in [2.05, 4.69) is 89.1 Å². The van der Waals surface area contributed by atoms with Crippen molar-refractivity contribution >= 4 is 40.6 Å². The standard InChI is InChI=1S/C16H21N.C7H11ClN2S2.CH5N/c1-7-13-9-14(11(3)4)16(17-8-2)15(10-13)12(5)6;1-7(2,3)6-10-4(8)5(11-6)12-9;1-2/h1,8-12,17H,2H2,3-6H3;9H2,1-3H3;2H2,1H3. The molecule has 0 aliphatic rings. The van der Waals surface area contributed by atoms with E-state index in [1.165, 1.54) is 18.2 Å². The van der Waals surface area contributed by atoms with E-state index >= 15 is 0 Å². The number of terminal acetylenes is 1. The van der Waals surface area contributed by atoms with E-state index in [-0.39, 0.29) is 5.41 Å². The fourth-order valence-electron chi connectivity index (χ4n) is 2.63. The molecule has 1 aromatic carbocycles. The lowest BCUT2D eigenvalue weighted by Gasteiger charge is -2.20. The highest BCUT2D eigenvalue weighted by molar-refractivity contribution is 7.99. The SMILES string of the molecule is C#Cc1cc(C(C)C)c(NC=C)c(C(C)C)c1.CC(C)(C)c1nc(Cl)c(SN)s1.CN. The number of thiazole rings is 1. The summed E-state index contributed by atoms with van der Waals surface area (Å²) in [6.45, 7) is 18.8. The fourth-order valence-corrected chi connectivity index (χ4v) is 4.34. The Bertz CT molecular complexity index is 846. The lowest BCUT2D eigenvalue weighted by Crippen LogP contribution is -2.09. The second-order valence-corrected chi connectivity index (χ2v) is 10.6. The van der Waals surface area contributed by atoms with Crippen LogP contribution in [0.3, 0.4) is 0 Å². The first-order chi connectivity index (χ1) is 14.5. The van der Waals surface area contributed by atoms with Gasteiger partial charge in [-0.3, -0.25) is 5.14 Å². The van der Waals surface area contributed by atoms with E-state index in [0.717, 1.165) is 32.4 Å². The molecule has 2 aromatic rings. The van der Waals surface area contributed by atoms with Crippen LogP contribution in [0.5, 0.6) is 0 Å². The van der Waals surface area contributed by atoms with E-state index in [0.29, 0.717) is 17.0 Å². The number of aromatic nitrogens is 1. The van der Waals surface area contributed by atoms with Crippen molar-refractivity contribution in [1.29, 1.82) is 0 Å². The number of hydrogen-bond donors (Lipinski definition) is 3. The zero-order chi connectivity index (χ0) is 24.4. The predicted octanol–water partition coefficient (Wildman–Crippen LogP) is 7.10. The summed E-state index contributed by atoms with van der Waals surface area (Å²) in [4.78, 5) is 4.24. The van der Waals surface area contributed by atoms with Crippen molar-refractivity contribution in [3.8, 4) is 12.3 Å². The van der Waals surface area contributed by atoms with Crippen molar-refractivity contribution in [2.45, 2.75) is 69.9 Å². The minimum Gasteiger partial charge on any atom is -0.362 e. The Labute approximate surface area is 202 Å². The number of halogens is 1. The monoisotopic (exact) mass is 480 g/mol. The van der Waals surface area contributed by atoms with Gasteiger partial charge >= 0.3 is 0 Å². The smallest absolute Gasteiger partial charge is 0.155 e. The molecule has 4 nitrogen and oxygen atoms in total. The maximum Gasteiger partial charge on any atom is 0.155 e. The molecule has 0 unspecified atom stereocenters. The third kappa shape index (κ3) is 8.88. The number of nitrogens with one attached hydrogen (secondary N) is 1. The van der Waals surface area contributed by atoms with Crippen LogP contribution in [0, 0.1) is 12.3 Å². The molecule has 0 amide bonds. The summed E-state index contributed by atoms with van der Waals surface area (Å²) >= 11 is 8.57. The second-order valence-electron chi connectivity index (χ2n) is 8.30. The van der Waals surface area contributed by atoms with Gasteiger partial charge in [0.1, 0.15) is 9.22 Å². The molecule has 5 N–H and O–H groups in total. The number of anilines is 1. The predicted molar refractivity (Wildman–Crippen MR) is 142 cm³/mol. The number of nitrogens with two attached hydrogens (primary N) is 2. The topological polar surface area (TPSA) is 77.0 Å². The number of benzene rings is 1. The maximum absolute atomic E-state index is 5.85. The Morgan fingerprint density at radius 3 is 1.94 bits per heavy atom. The third-order valence-corrected chi connectivity index (χ3v) is 6.88. The first-order valence-corrected chi connectivity index (χ1v) is 12.2. The Morgan fingerprint density at radius 2 is 1.68 bits per heavy atom. The van der Waals surface area contributed by atoms with Crippen molar-refractivity contribution in [3.63, 3.8) is 0 Å². The van der Waals surface area contributed by atoms with Crippen LogP contribution < -0.4 is 16.2 Å². The minimum absolute atomic E-state index is 0.0578. The highest BCUT2D eigenvalue weighted by Crippen LogP contribution is 2.36. The highest BCUT2D eigenvalue weighted by Gasteiger charge is 2.20. The molecule has 0 radical (unpaired) electrons. The molecular weight excluding hydrogens is 444 g/mol. The first kappa shape index (κ1) is 29.5. The molecule has 1 aromatic heterocycles. The van der Waals surface area contributed by atoms with Gasteiger partial charge in [0, 0.05) is 16.7 Å². The third-order valence-electron chi connectivity index (χ3n) is 4.16. The van der Waals surface area contributed by atoms with Gasteiger partial charge in [-0.2, -0.15) is 0 Å². The largest absolute Gasteiger partial charge is 0.362 e. The molecular formula is C24H37ClN4S2. The summed E-state index contributed by atoms with van der Waals surface area (Å²) in [6, 6.07) is 4.17. The van der Waals surface area contributed by atoms with Gasteiger partial charge in [-0.25, -0.2) is 4.98 Å². The Kier molecular flexibility index (Phi) is 13.2. The van der Waals surface area contributed by atoms with Crippen molar-refractivity contribution in [1.82, 2.24) is 4.98 Å². The summed E-state index contributed by atoms with van der Waals surface area (Å²) < 4.78 is 0.890. The van der Waals surface area contributed by atoms with Gasteiger partial charge in [-0.1, -0.05) is 72.6 Å². The Hall–Kier alpha value is -1.49. The normalized spacial score (nSPS) is 10.6. The van der Waals surface area contributed by atoms with Crippen molar-refractivity contribution in [2.24, 2.45) is 10.9 Å². The highest BCUT2D eigenvalue weighted by atomic mass is 35.5. The fraction of sp³-hybridized carbons (Fsp3) is 0.458. The quantitative estimate of drug-likeness (QED) is 0.314. The summed E-state index contributed by atoms with van der Waals surface area (Å²) in [5.41, 5.74) is 9.17. The van der Waals surface area contributed by atoms with Gasteiger partial charge in [-0.05, 0) is 60.3 Å². The molecule has 0 aliphatic carbocycles. The number of hydrogen-bond acceptors (Lipinski definition) is 6. The molecule has 2 rings (SSSR count). The molecule has 31 heavy (non-hydrogen) atoms. The molecule has 7 heteroatoms. The molecule has 0 spiro atoms. The summed E-state index contributed by atoms with van der Waals surface area (Å²) in [7, 11) is 1.50. The van der Waals surface area contributed by atoms with Crippen LogP contribution in [-0.4, -0.2) is 12.0 Å². The van der Waals surface area contributed by atoms with Gasteiger partial charge in [-0.15, -0.1) is 17.8 Å². The second kappa shape index (κ2) is 13.8. The zero-order valence-electron chi connectivity index (χ0n) is 20.0. The van der Waals surface area contributed by atoms with Gasteiger partial charge in [0.05, 0.1) is 0 Å². The van der Waals surface area contributed by atoms with Gasteiger partial charge in [0.25, 0.3) is 0 Å². The summed E-state index contributed by atoms with van der Waals surface area (Å²) in [6.07, 6.45) is 7.25. The van der Waals surface area contributed by atoms with Crippen LogP contribution in [0.25, 0.3) is 0 Å². The van der Waals surface area contributed by atoms with Crippen LogP contribution in [0.15, 0.2) is 29.1 Å². The van der Waals surface area contributed by atoms with E-state index in [4.69, 9.17) is 23.2 Å². The Morgan fingerprint density at radius 1 is 1.19 bits per heavy atom. The van der Waals surface area contributed by atoms with Gasteiger partial charge in [0.15, 0.2) is 5.15 Å². The molecule has 0 fully saturated rings. The maximum atomic E-state index is 5.85. The van der Waals surface area contributed by atoms with Crippen LogP contribution >= 0.6 is 34.9 Å². The van der Waals surface area contributed by atoms with E-state index in [1.807, 2.05) is 0 Å². The lowest BCUT2D eigenvalue weighted by molar-refractivity contribution is 0.585. The van der Waals surface area contributed by atoms with Gasteiger partial charge < -0.3 is 11.1 Å². The Balaban J connectivity index is 0.000000564. The van der Waals surface area contributed by atoms with E-state index in [9.17, 15) is 0 Å². The average Bonchev–Trinajstić information content (AvgIpc) is 3.11. The minimum atomic E-state index is 0.0578. The van der Waals surface area contributed by atoms with Gasteiger partial charge in [0.2, 0.25) is 0 Å². The molecule has 0 aliphatic heterocycles. The summed E-state index contributed by atoms with van der Waals surface area (Å²) in [5, 5.41) is 10.2. The number of rotatable bonds is 5. The molecule has 1 heterocycles. The van der Waals surface area contributed by atoms with Crippen molar-refractivity contribution in [2.75, 3.05) is 12.4 Å². The van der Waals surface area contributed by atoms with Crippen molar-refractivity contribution < 1.29 is 0 Å². The van der Waals surface area contributed by atoms with Crippen LogP contribution in [0.2, 0.25) is 5.15 Å². The molecule has 172 valence electrons. The lowest BCUT2D eigenvalue weighted by atomic mass is 9.90. The molecule has 0 atom stereocenters. The van der Waals surface area contributed by atoms with Crippen molar-refractivity contribution in [3.05, 3.63) is 51.8 Å². The number of nitrogens with zero attached hydrogens (tertiary/aromatic N) is 1. The van der Waals surface area contributed by atoms with Crippen LogP contribution in [-0.2, 0) is 5.41 Å². The average molecular weight is 481 g/mol.